The molecule has 0 fully saturated rings. The molecule has 0 bridgehead atoms. The van der Waals surface area contributed by atoms with Crippen molar-refractivity contribution in [3.05, 3.63) is 70.7 Å². The van der Waals surface area contributed by atoms with E-state index in [2.05, 4.69) is 5.32 Å². The van der Waals surface area contributed by atoms with Crippen LogP contribution >= 0.6 is 11.6 Å². The maximum Gasteiger partial charge on any atom is 0.323 e. The van der Waals surface area contributed by atoms with Crippen molar-refractivity contribution in [2.75, 3.05) is 13.1 Å². The maximum absolute atomic E-state index is 12.4. The van der Waals surface area contributed by atoms with Gasteiger partial charge in [-0.2, -0.15) is 0 Å². The van der Waals surface area contributed by atoms with Crippen LogP contribution in [0.2, 0.25) is 5.02 Å². The van der Waals surface area contributed by atoms with Crippen molar-refractivity contribution in [3.63, 3.8) is 0 Å². The van der Waals surface area contributed by atoms with Crippen molar-refractivity contribution in [2.45, 2.75) is 19.4 Å². The van der Waals surface area contributed by atoms with Gasteiger partial charge in [-0.25, -0.2) is 0 Å². The zero-order chi connectivity index (χ0) is 19.6. The van der Waals surface area contributed by atoms with E-state index < -0.39 is 5.97 Å². The second kappa shape index (κ2) is 10.3. The number of carboxylic acid groups (broad SMARTS) is 1. The van der Waals surface area contributed by atoms with Gasteiger partial charge in [0.2, 0.25) is 5.91 Å². The average Bonchev–Trinajstić information content (AvgIpc) is 2.66. The number of hydrogen-bond acceptors (Lipinski definition) is 3. The lowest BCUT2D eigenvalue weighted by atomic mass is 10.2. The molecule has 0 atom stereocenters. The fourth-order valence-corrected chi connectivity index (χ4v) is 2.62. The van der Waals surface area contributed by atoms with E-state index in [0.717, 1.165) is 5.56 Å². The van der Waals surface area contributed by atoms with Gasteiger partial charge in [0.1, 0.15) is 6.54 Å². The lowest BCUT2D eigenvalue weighted by molar-refractivity contribution is -0.144. The van der Waals surface area contributed by atoms with Crippen LogP contribution in [-0.4, -0.2) is 40.9 Å². The fourth-order valence-electron chi connectivity index (χ4n) is 2.50. The standard InChI is InChI=1S/C20H21ClN2O4/c21-17-10-8-15(9-11-17)13-23(14-19(25)26)18(24)7-4-12-22-20(27)16-5-2-1-3-6-16/h1-3,5-6,8-11H,4,7,12-14H2,(H,22,27)(H,25,26). The first-order valence-electron chi connectivity index (χ1n) is 8.53. The minimum Gasteiger partial charge on any atom is -0.480 e. The van der Waals surface area contributed by atoms with E-state index in [-0.39, 0.29) is 31.3 Å². The van der Waals surface area contributed by atoms with E-state index in [4.69, 9.17) is 16.7 Å². The molecule has 6 nitrogen and oxygen atoms in total. The van der Waals surface area contributed by atoms with Gasteiger partial charge in [-0.1, -0.05) is 41.9 Å². The van der Waals surface area contributed by atoms with Crippen LogP contribution < -0.4 is 5.32 Å². The van der Waals surface area contributed by atoms with Crippen LogP contribution in [0.5, 0.6) is 0 Å². The first kappa shape index (κ1) is 20.5. The highest BCUT2D eigenvalue weighted by Crippen LogP contribution is 2.12. The summed E-state index contributed by atoms with van der Waals surface area (Å²) in [4.78, 5) is 36.7. The minimum absolute atomic E-state index is 0.149. The lowest BCUT2D eigenvalue weighted by Crippen LogP contribution is -2.35. The topological polar surface area (TPSA) is 86.7 Å². The quantitative estimate of drug-likeness (QED) is 0.646. The van der Waals surface area contributed by atoms with Crippen LogP contribution in [0.3, 0.4) is 0 Å². The Labute approximate surface area is 162 Å². The first-order chi connectivity index (χ1) is 13.0. The Morgan fingerprint density at radius 3 is 2.30 bits per heavy atom. The zero-order valence-corrected chi connectivity index (χ0v) is 15.5. The summed E-state index contributed by atoms with van der Waals surface area (Å²) in [7, 11) is 0. The smallest absolute Gasteiger partial charge is 0.323 e. The molecule has 2 N–H and O–H groups in total. The molecule has 2 aromatic carbocycles. The van der Waals surface area contributed by atoms with Gasteiger partial charge in [-0.3, -0.25) is 14.4 Å². The van der Waals surface area contributed by atoms with Crippen molar-refractivity contribution in [1.29, 1.82) is 0 Å². The molecule has 0 aromatic heterocycles. The second-order valence-corrected chi connectivity index (χ2v) is 6.43. The van der Waals surface area contributed by atoms with E-state index >= 15 is 0 Å². The largest absolute Gasteiger partial charge is 0.480 e. The normalized spacial score (nSPS) is 10.3. The van der Waals surface area contributed by atoms with Gasteiger partial charge >= 0.3 is 5.97 Å². The molecule has 0 aliphatic rings. The van der Waals surface area contributed by atoms with Crippen LogP contribution in [-0.2, 0) is 16.1 Å². The summed E-state index contributed by atoms with van der Waals surface area (Å²) in [5, 5.41) is 12.4. The van der Waals surface area contributed by atoms with Crippen LogP contribution in [0.4, 0.5) is 0 Å². The summed E-state index contributed by atoms with van der Waals surface area (Å²) in [6.07, 6.45) is 0.573. The van der Waals surface area contributed by atoms with Crippen LogP contribution in [0.15, 0.2) is 54.6 Å². The molecule has 0 spiro atoms. The molecular formula is C20H21ClN2O4. The van der Waals surface area contributed by atoms with E-state index in [9.17, 15) is 14.4 Å². The van der Waals surface area contributed by atoms with E-state index in [1.165, 1.54) is 4.90 Å². The van der Waals surface area contributed by atoms with Crippen molar-refractivity contribution < 1.29 is 19.5 Å². The number of amides is 2. The van der Waals surface area contributed by atoms with Gasteiger partial charge < -0.3 is 15.3 Å². The number of benzene rings is 2. The Bertz CT molecular complexity index is 778. The number of aliphatic carboxylic acids is 1. The third-order valence-corrected chi connectivity index (χ3v) is 4.11. The van der Waals surface area contributed by atoms with Crippen molar-refractivity contribution in [1.82, 2.24) is 10.2 Å². The SMILES string of the molecule is O=C(O)CN(Cc1ccc(Cl)cc1)C(=O)CCCNC(=O)c1ccccc1. The number of carbonyl (C=O) groups excluding carboxylic acids is 2. The Morgan fingerprint density at radius 1 is 1.00 bits per heavy atom. The number of rotatable bonds is 9. The molecule has 0 unspecified atom stereocenters. The number of carboxylic acids is 1. The van der Waals surface area contributed by atoms with Gasteiger partial charge in [0.15, 0.2) is 0 Å². The molecule has 7 heteroatoms. The molecular weight excluding hydrogens is 368 g/mol. The van der Waals surface area contributed by atoms with Crippen LogP contribution in [0.25, 0.3) is 0 Å². The average molecular weight is 389 g/mol. The predicted octanol–water partition coefficient (Wildman–Crippen LogP) is 2.96. The predicted molar refractivity (Wildman–Crippen MR) is 103 cm³/mol. The third-order valence-electron chi connectivity index (χ3n) is 3.85. The van der Waals surface area contributed by atoms with E-state index in [0.29, 0.717) is 23.6 Å². The molecule has 0 saturated heterocycles. The highest BCUT2D eigenvalue weighted by molar-refractivity contribution is 6.30. The van der Waals surface area contributed by atoms with Gasteiger partial charge in [0, 0.05) is 30.1 Å². The lowest BCUT2D eigenvalue weighted by Gasteiger charge is -2.21. The summed E-state index contributed by atoms with van der Waals surface area (Å²) in [6, 6.07) is 15.7. The Morgan fingerprint density at radius 2 is 1.67 bits per heavy atom. The molecule has 2 amide bonds. The molecule has 0 aliphatic carbocycles. The summed E-state index contributed by atoms with van der Waals surface area (Å²) >= 11 is 5.84. The monoisotopic (exact) mass is 388 g/mol. The number of hydrogen-bond donors (Lipinski definition) is 2. The molecule has 0 heterocycles. The molecule has 2 rings (SSSR count). The molecule has 27 heavy (non-hydrogen) atoms. The van der Waals surface area contributed by atoms with Gasteiger partial charge in [-0.15, -0.1) is 0 Å². The van der Waals surface area contributed by atoms with E-state index in [1.54, 1.807) is 48.5 Å². The van der Waals surface area contributed by atoms with E-state index in [1.807, 2.05) is 6.07 Å². The highest BCUT2D eigenvalue weighted by Gasteiger charge is 2.17. The minimum atomic E-state index is -1.07. The summed E-state index contributed by atoms with van der Waals surface area (Å²) < 4.78 is 0. The number of carbonyl (C=O) groups is 3. The van der Waals surface area contributed by atoms with Crippen LogP contribution in [0.1, 0.15) is 28.8 Å². The Hall–Kier alpha value is -2.86. The summed E-state index contributed by atoms with van der Waals surface area (Å²) in [5.74, 6) is -1.55. The van der Waals surface area contributed by atoms with Gasteiger partial charge in [0.05, 0.1) is 0 Å². The summed E-state index contributed by atoms with van der Waals surface area (Å²) in [6.45, 7) is 0.151. The summed E-state index contributed by atoms with van der Waals surface area (Å²) in [5.41, 5.74) is 1.35. The van der Waals surface area contributed by atoms with Gasteiger partial charge in [-0.05, 0) is 36.2 Å². The third kappa shape index (κ3) is 7.11. The Kier molecular flexibility index (Phi) is 7.82. The van der Waals surface area contributed by atoms with Crippen molar-refractivity contribution >= 4 is 29.4 Å². The zero-order valence-electron chi connectivity index (χ0n) is 14.7. The molecule has 0 aliphatic heterocycles. The molecule has 2 aromatic rings. The molecule has 142 valence electrons. The number of nitrogens with one attached hydrogen (secondary N) is 1. The highest BCUT2D eigenvalue weighted by atomic mass is 35.5. The van der Waals surface area contributed by atoms with Crippen molar-refractivity contribution in [3.8, 4) is 0 Å². The maximum atomic E-state index is 12.4. The first-order valence-corrected chi connectivity index (χ1v) is 8.91. The number of nitrogens with zero attached hydrogens (tertiary/aromatic N) is 1. The van der Waals surface area contributed by atoms with Gasteiger partial charge in [0.25, 0.3) is 5.91 Å². The fraction of sp³-hybridized carbons (Fsp3) is 0.250. The Balaban J connectivity index is 1.83. The molecule has 0 radical (unpaired) electrons. The molecule has 0 saturated carbocycles. The number of halogens is 1. The second-order valence-electron chi connectivity index (χ2n) is 6.00. The van der Waals surface area contributed by atoms with Crippen LogP contribution in [0, 0.1) is 0 Å². The van der Waals surface area contributed by atoms with Crippen molar-refractivity contribution in [2.24, 2.45) is 0 Å².